The van der Waals surface area contributed by atoms with E-state index in [2.05, 4.69) is 44.7 Å². The molecule has 2 aliphatic rings. The molecule has 3 aromatic rings. The van der Waals surface area contributed by atoms with Gasteiger partial charge in [-0.05, 0) is 87.8 Å². The minimum atomic E-state index is -0.186. The number of carbonyl (C=O) groups excluding carboxylic acids is 2. The Labute approximate surface area is 213 Å². The molecule has 2 atom stereocenters. The second-order valence-corrected chi connectivity index (χ2v) is 10.3. The number of aromatic nitrogens is 2. The molecule has 36 heavy (non-hydrogen) atoms. The number of aryl methyl sites for hydroxylation is 4. The Morgan fingerprint density at radius 3 is 1.75 bits per heavy atom. The van der Waals surface area contributed by atoms with Crippen LogP contribution in [0.5, 0.6) is 0 Å². The normalized spacial score (nSPS) is 20.2. The van der Waals surface area contributed by atoms with Crippen molar-refractivity contribution in [2.75, 3.05) is 13.1 Å². The molecule has 186 valence electrons. The third-order valence-corrected chi connectivity index (χ3v) is 7.57. The molecule has 2 aromatic heterocycles. The SMILES string of the molecule is Cc1cnc([C@H]2CCC[C@@H](c3ncc(C)cc3C)N2CCCN2C(=O)c3ccccc3C2=O)c(C)c1. The fourth-order valence-corrected chi connectivity index (χ4v) is 5.96. The third-order valence-electron chi connectivity index (χ3n) is 7.57. The Morgan fingerprint density at radius 2 is 1.28 bits per heavy atom. The number of carbonyl (C=O) groups is 2. The summed E-state index contributed by atoms with van der Waals surface area (Å²) in [7, 11) is 0. The Kier molecular flexibility index (Phi) is 6.71. The highest BCUT2D eigenvalue weighted by Crippen LogP contribution is 2.42. The number of rotatable bonds is 6. The molecule has 1 saturated heterocycles. The number of amides is 2. The summed E-state index contributed by atoms with van der Waals surface area (Å²) in [6.07, 6.45) is 7.79. The van der Waals surface area contributed by atoms with E-state index in [1.165, 1.54) is 16.0 Å². The first-order valence-electron chi connectivity index (χ1n) is 12.9. The molecular formula is C30H34N4O2. The van der Waals surface area contributed by atoms with Crippen LogP contribution in [0.2, 0.25) is 0 Å². The maximum atomic E-state index is 12.9. The molecule has 0 unspecified atom stereocenters. The highest BCUT2D eigenvalue weighted by molar-refractivity contribution is 6.21. The Bertz CT molecular complexity index is 1220. The van der Waals surface area contributed by atoms with E-state index in [9.17, 15) is 9.59 Å². The summed E-state index contributed by atoms with van der Waals surface area (Å²) in [4.78, 5) is 39.4. The van der Waals surface area contributed by atoms with Crippen LogP contribution in [0.25, 0.3) is 0 Å². The summed E-state index contributed by atoms with van der Waals surface area (Å²) in [5.41, 5.74) is 8.00. The van der Waals surface area contributed by atoms with Gasteiger partial charge in [-0.25, -0.2) is 0 Å². The summed E-state index contributed by atoms with van der Waals surface area (Å²) in [6, 6.07) is 11.9. The van der Waals surface area contributed by atoms with Gasteiger partial charge in [0.15, 0.2) is 0 Å². The van der Waals surface area contributed by atoms with Crippen molar-refractivity contribution in [2.45, 2.75) is 65.5 Å². The predicted octanol–water partition coefficient (Wildman–Crippen LogP) is 5.66. The second kappa shape index (κ2) is 9.94. The quantitative estimate of drug-likeness (QED) is 0.424. The largest absolute Gasteiger partial charge is 0.286 e. The lowest BCUT2D eigenvalue weighted by Crippen LogP contribution is -2.40. The Hall–Kier alpha value is -3.38. The van der Waals surface area contributed by atoms with Gasteiger partial charge in [0.25, 0.3) is 11.8 Å². The summed E-state index contributed by atoms with van der Waals surface area (Å²) in [6.45, 7) is 9.60. The maximum absolute atomic E-state index is 12.9. The Morgan fingerprint density at radius 1 is 0.778 bits per heavy atom. The van der Waals surface area contributed by atoms with Crippen LogP contribution in [-0.4, -0.2) is 44.7 Å². The molecule has 1 fully saturated rings. The van der Waals surface area contributed by atoms with E-state index < -0.39 is 0 Å². The van der Waals surface area contributed by atoms with Gasteiger partial charge < -0.3 is 0 Å². The van der Waals surface area contributed by atoms with Gasteiger partial charge >= 0.3 is 0 Å². The maximum Gasteiger partial charge on any atom is 0.261 e. The Balaban J connectivity index is 1.41. The monoisotopic (exact) mass is 482 g/mol. The molecular weight excluding hydrogens is 448 g/mol. The molecule has 0 bridgehead atoms. The lowest BCUT2D eigenvalue weighted by Gasteiger charge is -2.43. The van der Waals surface area contributed by atoms with Gasteiger partial charge in [0.05, 0.1) is 34.6 Å². The molecule has 4 heterocycles. The zero-order valence-electron chi connectivity index (χ0n) is 21.6. The fourth-order valence-electron chi connectivity index (χ4n) is 5.96. The van der Waals surface area contributed by atoms with Crippen LogP contribution in [0.15, 0.2) is 48.8 Å². The topological polar surface area (TPSA) is 66.4 Å². The van der Waals surface area contributed by atoms with Gasteiger partial charge in [-0.3, -0.25) is 29.4 Å². The van der Waals surface area contributed by atoms with Gasteiger partial charge in [-0.1, -0.05) is 24.3 Å². The van der Waals surface area contributed by atoms with Crippen molar-refractivity contribution < 1.29 is 9.59 Å². The van der Waals surface area contributed by atoms with E-state index in [0.29, 0.717) is 24.1 Å². The molecule has 0 aliphatic carbocycles. The number of piperidine rings is 1. The van der Waals surface area contributed by atoms with E-state index in [1.807, 2.05) is 24.5 Å². The molecule has 6 heteroatoms. The highest BCUT2D eigenvalue weighted by Gasteiger charge is 2.37. The molecule has 5 rings (SSSR count). The number of hydrogen-bond donors (Lipinski definition) is 0. The number of pyridine rings is 2. The molecule has 2 amide bonds. The van der Waals surface area contributed by atoms with Crippen molar-refractivity contribution in [3.05, 3.63) is 93.6 Å². The average molecular weight is 483 g/mol. The van der Waals surface area contributed by atoms with E-state index >= 15 is 0 Å². The summed E-state index contributed by atoms with van der Waals surface area (Å²) < 4.78 is 0. The van der Waals surface area contributed by atoms with Crippen LogP contribution in [0.3, 0.4) is 0 Å². The molecule has 1 aromatic carbocycles. The highest BCUT2D eigenvalue weighted by atomic mass is 16.2. The van der Waals surface area contributed by atoms with Crippen molar-refractivity contribution in [1.82, 2.24) is 19.8 Å². The van der Waals surface area contributed by atoms with Crippen molar-refractivity contribution in [2.24, 2.45) is 0 Å². The number of fused-ring (bicyclic) bond motifs is 1. The van der Waals surface area contributed by atoms with Gasteiger partial charge in [-0.2, -0.15) is 0 Å². The lowest BCUT2D eigenvalue weighted by atomic mass is 9.88. The van der Waals surface area contributed by atoms with Crippen LogP contribution >= 0.6 is 0 Å². The average Bonchev–Trinajstić information content (AvgIpc) is 3.09. The molecule has 0 saturated carbocycles. The van der Waals surface area contributed by atoms with Crippen molar-refractivity contribution in [3.8, 4) is 0 Å². The standard InChI is InChI=1S/C30H34N4O2/c1-19-15-21(3)27(31-17-19)25-11-7-12-26(28-22(4)16-20(2)18-32-28)33(25)13-8-14-34-29(35)23-9-5-6-10-24(23)30(34)36/h5-6,9-10,15-18,25-26H,7-8,11-14H2,1-4H3/t25-,26+. The summed E-state index contributed by atoms with van der Waals surface area (Å²) in [5, 5.41) is 0. The number of likely N-dealkylation sites (tertiary alicyclic amines) is 1. The van der Waals surface area contributed by atoms with Crippen molar-refractivity contribution in [1.29, 1.82) is 0 Å². The predicted molar refractivity (Wildman–Crippen MR) is 140 cm³/mol. The number of benzene rings is 1. The first-order chi connectivity index (χ1) is 17.3. The smallest absolute Gasteiger partial charge is 0.261 e. The van der Waals surface area contributed by atoms with Gasteiger partial charge in [0.1, 0.15) is 0 Å². The van der Waals surface area contributed by atoms with Crippen molar-refractivity contribution in [3.63, 3.8) is 0 Å². The van der Waals surface area contributed by atoms with Gasteiger partial charge in [-0.15, -0.1) is 0 Å². The van der Waals surface area contributed by atoms with E-state index in [0.717, 1.165) is 48.3 Å². The van der Waals surface area contributed by atoms with Gasteiger partial charge in [0.2, 0.25) is 0 Å². The zero-order valence-corrected chi connectivity index (χ0v) is 21.6. The van der Waals surface area contributed by atoms with Crippen LogP contribution in [-0.2, 0) is 0 Å². The van der Waals surface area contributed by atoms with Crippen LogP contribution in [0, 0.1) is 27.7 Å². The van der Waals surface area contributed by atoms with Crippen LogP contribution < -0.4 is 0 Å². The minimum absolute atomic E-state index is 0.175. The number of nitrogens with zero attached hydrogens (tertiary/aromatic N) is 4. The molecule has 0 N–H and O–H groups in total. The van der Waals surface area contributed by atoms with Crippen LogP contribution in [0.4, 0.5) is 0 Å². The van der Waals surface area contributed by atoms with Crippen molar-refractivity contribution >= 4 is 11.8 Å². The molecule has 0 spiro atoms. The van der Waals surface area contributed by atoms with Crippen LogP contribution in [0.1, 0.15) is 92.1 Å². The number of imide groups is 1. The second-order valence-electron chi connectivity index (χ2n) is 10.3. The fraction of sp³-hybridized carbons (Fsp3) is 0.400. The minimum Gasteiger partial charge on any atom is -0.286 e. The molecule has 2 aliphatic heterocycles. The first kappa shape index (κ1) is 24.3. The zero-order chi connectivity index (χ0) is 25.4. The lowest BCUT2D eigenvalue weighted by molar-refractivity contribution is 0.0582. The molecule has 6 nitrogen and oxygen atoms in total. The first-order valence-corrected chi connectivity index (χ1v) is 12.9. The van der Waals surface area contributed by atoms with E-state index in [1.54, 1.807) is 12.1 Å². The van der Waals surface area contributed by atoms with Gasteiger partial charge in [0, 0.05) is 25.5 Å². The summed E-state index contributed by atoms with van der Waals surface area (Å²) in [5.74, 6) is -0.371. The summed E-state index contributed by atoms with van der Waals surface area (Å²) >= 11 is 0. The molecule has 0 radical (unpaired) electrons. The van der Waals surface area contributed by atoms with E-state index in [-0.39, 0.29) is 23.9 Å². The third kappa shape index (κ3) is 4.46. The van der Waals surface area contributed by atoms with E-state index in [4.69, 9.17) is 9.97 Å². The number of hydrogen-bond acceptors (Lipinski definition) is 5.